The highest BCUT2D eigenvalue weighted by atomic mass is 79.9. The zero-order valence-corrected chi connectivity index (χ0v) is 25.9. The molecule has 1 N–H and O–H groups in total. The van der Waals surface area contributed by atoms with E-state index in [0.717, 1.165) is 18.4 Å². The van der Waals surface area contributed by atoms with Crippen LogP contribution in [0.25, 0.3) is 0 Å². The van der Waals surface area contributed by atoms with Gasteiger partial charge in [0.1, 0.15) is 0 Å². The van der Waals surface area contributed by atoms with Gasteiger partial charge in [0.05, 0.1) is 17.7 Å². The van der Waals surface area contributed by atoms with Gasteiger partial charge in [0.2, 0.25) is 5.01 Å². The second-order valence-electron chi connectivity index (χ2n) is 10.1. The lowest BCUT2D eigenvalue weighted by atomic mass is 10.1. The van der Waals surface area contributed by atoms with Gasteiger partial charge >= 0.3 is 0 Å². The summed E-state index contributed by atoms with van der Waals surface area (Å²) in [6.07, 6.45) is 17.2. The Morgan fingerprint density at radius 3 is 2.21 bits per heavy atom. The van der Waals surface area contributed by atoms with Gasteiger partial charge in [-0.05, 0) is 30.7 Å². The molecule has 3 aromatic rings. The van der Waals surface area contributed by atoms with Crippen LogP contribution >= 0.6 is 11.3 Å². The van der Waals surface area contributed by atoms with E-state index < -0.39 is 5.82 Å². The molecule has 0 aliphatic carbocycles. The normalized spacial score (nSPS) is 10.7. The molecule has 0 aliphatic heterocycles. The summed E-state index contributed by atoms with van der Waals surface area (Å²) in [5, 5.41) is 6.11. The van der Waals surface area contributed by atoms with E-state index >= 15 is 0 Å². The number of hydrogen-bond acceptors (Lipinski definition) is 3. The number of nitrogens with zero attached hydrogens (tertiary/aromatic N) is 1. The van der Waals surface area contributed by atoms with E-state index in [4.69, 9.17) is 4.74 Å². The van der Waals surface area contributed by atoms with Gasteiger partial charge < -0.3 is 27.0 Å². The molecule has 0 bridgehead atoms. The molecule has 39 heavy (non-hydrogen) atoms. The van der Waals surface area contributed by atoms with E-state index in [1.165, 1.54) is 75.3 Å². The highest BCUT2D eigenvalue weighted by molar-refractivity contribution is 7.09. The number of carbonyl (C=O) groups excluding carboxylic acids is 1. The Morgan fingerprint density at radius 1 is 0.923 bits per heavy atom. The fourth-order valence-electron chi connectivity index (χ4n) is 4.61. The van der Waals surface area contributed by atoms with Crippen LogP contribution < -0.4 is 31.6 Å². The van der Waals surface area contributed by atoms with Gasteiger partial charge in [-0.2, -0.15) is 4.57 Å². The quantitative estimate of drug-likeness (QED) is 0.143. The van der Waals surface area contributed by atoms with Crippen LogP contribution in [-0.2, 0) is 6.54 Å². The lowest BCUT2D eigenvalue weighted by Crippen LogP contribution is -3.00. The molecule has 0 unspecified atom stereocenters. The Balaban J connectivity index is 0.00000533. The predicted octanol–water partition coefficient (Wildman–Crippen LogP) is 5.87. The predicted molar refractivity (Wildman–Crippen MR) is 156 cm³/mol. The van der Waals surface area contributed by atoms with E-state index in [1.54, 1.807) is 29.5 Å². The Labute approximate surface area is 248 Å². The smallest absolute Gasteiger partial charge is 0.255 e. The largest absolute Gasteiger partial charge is 1.00 e. The molecule has 1 amide bonds. The van der Waals surface area contributed by atoms with Crippen molar-refractivity contribution in [3.63, 3.8) is 0 Å². The van der Waals surface area contributed by atoms with Crippen molar-refractivity contribution in [2.24, 2.45) is 0 Å². The lowest BCUT2D eigenvalue weighted by molar-refractivity contribution is -0.689. The Hall–Kier alpha value is -2.25. The summed E-state index contributed by atoms with van der Waals surface area (Å²) in [5.74, 6) is -0.621. The standard InChI is InChI=1S/C32H43FN2O2S.BrH/c1-3-4-5-6-7-8-9-10-11-12-13-14-22-37-31-29(33)19-16-20-30(31)34-32(36)28-18-15-17-27(24-28)25-35-21-23-38-26(35)2;/h15-21,23-24H,3-14,22,25H2,1-2H3;1H. The van der Waals surface area contributed by atoms with Crippen LogP contribution in [0.15, 0.2) is 54.0 Å². The van der Waals surface area contributed by atoms with Crippen molar-refractivity contribution in [3.05, 3.63) is 76.0 Å². The maximum absolute atomic E-state index is 14.6. The first kappa shape index (κ1) is 33.0. The monoisotopic (exact) mass is 618 g/mol. The van der Waals surface area contributed by atoms with Gasteiger partial charge in [0, 0.05) is 18.1 Å². The molecular formula is C32H44BrFN2O2S. The highest BCUT2D eigenvalue weighted by Gasteiger charge is 2.15. The minimum Gasteiger partial charge on any atom is -1.00 e. The number of benzene rings is 2. The van der Waals surface area contributed by atoms with E-state index in [1.807, 2.05) is 24.4 Å². The number of amides is 1. The Kier molecular flexibility index (Phi) is 16.0. The molecule has 4 nitrogen and oxygen atoms in total. The third-order valence-corrected chi connectivity index (χ3v) is 7.72. The molecule has 1 aromatic heterocycles. The van der Waals surface area contributed by atoms with Crippen molar-refractivity contribution in [1.82, 2.24) is 0 Å². The molecule has 0 fully saturated rings. The van der Waals surface area contributed by atoms with E-state index in [2.05, 4.69) is 29.1 Å². The van der Waals surface area contributed by atoms with Crippen LogP contribution in [0.1, 0.15) is 105 Å². The fraction of sp³-hybridized carbons (Fsp3) is 0.500. The van der Waals surface area contributed by atoms with Crippen molar-refractivity contribution in [2.45, 2.75) is 97.4 Å². The zero-order valence-electron chi connectivity index (χ0n) is 23.5. The molecule has 0 spiro atoms. The summed E-state index contributed by atoms with van der Waals surface area (Å²) in [7, 11) is 0. The second kappa shape index (κ2) is 18.9. The average Bonchev–Trinajstić information content (AvgIpc) is 3.32. The number of rotatable bonds is 18. The first-order valence-corrected chi connectivity index (χ1v) is 15.2. The number of halogens is 2. The zero-order chi connectivity index (χ0) is 27.0. The Morgan fingerprint density at radius 2 is 1.56 bits per heavy atom. The highest BCUT2D eigenvalue weighted by Crippen LogP contribution is 2.28. The van der Waals surface area contributed by atoms with Crippen LogP contribution in [0, 0.1) is 12.7 Å². The van der Waals surface area contributed by atoms with Crippen LogP contribution in [-0.4, -0.2) is 12.5 Å². The topological polar surface area (TPSA) is 42.2 Å². The number of carbonyl (C=O) groups is 1. The van der Waals surface area contributed by atoms with Crippen molar-refractivity contribution in [3.8, 4) is 5.75 Å². The number of ether oxygens (including phenoxy) is 1. The van der Waals surface area contributed by atoms with E-state index in [-0.39, 0.29) is 28.6 Å². The third-order valence-electron chi connectivity index (χ3n) is 6.89. The minimum absolute atomic E-state index is 0. The van der Waals surface area contributed by atoms with Gasteiger partial charge in [-0.3, -0.25) is 4.79 Å². The molecule has 1 heterocycles. The SMILES string of the molecule is CCCCCCCCCCCCCCOc1c(F)cccc1NC(=O)c1cccc(C[n+]2ccsc2C)c1.[Br-]. The number of aryl methyl sites for hydroxylation is 1. The number of anilines is 1. The molecule has 214 valence electrons. The molecule has 2 aromatic carbocycles. The third kappa shape index (κ3) is 11.8. The number of aromatic nitrogens is 1. The number of thiazole rings is 1. The summed E-state index contributed by atoms with van der Waals surface area (Å²) in [6, 6.07) is 12.2. The molecule has 0 aliphatic rings. The molecule has 0 atom stereocenters. The number of hydrogen-bond donors (Lipinski definition) is 1. The van der Waals surface area contributed by atoms with Crippen LogP contribution in [0.5, 0.6) is 5.75 Å². The van der Waals surface area contributed by atoms with Crippen molar-refractivity contribution in [2.75, 3.05) is 11.9 Å². The molecule has 0 saturated heterocycles. The number of unbranched alkanes of at least 4 members (excludes halogenated alkanes) is 11. The van der Waals surface area contributed by atoms with Gasteiger partial charge in [0.15, 0.2) is 24.3 Å². The Bertz CT molecular complexity index is 1120. The second-order valence-corrected chi connectivity index (χ2v) is 11.2. The summed E-state index contributed by atoms with van der Waals surface area (Å²) in [6.45, 7) is 5.47. The molecule has 7 heteroatoms. The van der Waals surface area contributed by atoms with Gasteiger partial charge in [-0.25, -0.2) is 4.39 Å². The summed E-state index contributed by atoms with van der Waals surface area (Å²) in [5.41, 5.74) is 1.93. The summed E-state index contributed by atoms with van der Waals surface area (Å²) < 4.78 is 22.5. The molecule has 3 rings (SSSR count). The van der Waals surface area contributed by atoms with Crippen LogP contribution in [0.4, 0.5) is 10.1 Å². The van der Waals surface area contributed by atoms with E-state index in [0.29, 0.717) is 24.4 Å². The van der Waals surface area contributed by atoms with Crippen molar-refractivity contribution >= 4 is 22.9 Å². The van der Waals surface area contributed by atoms with Crippen molar-refractivity contribution in [1.29, 1.82) is 0 Å². The maximum Gasteiger partial charge on any atom is 0.255 e. The van der Waals surface area contributed by atoms with E-state index in [9.17, 15) is 9.18 Å². The minimum atomic E-state index is -0.458. The number of para-hydroxylation sites is 1. The molecular weight excluding hydrogens is 575 g/mol. The summed E-state index contributed by atoms with van der Waals surface area (Å²) in [4.78, 5) is 13.0. The first-order chi connectivity index (χ1) is 18.6. The fourth-order valence-corrected chi connectivity index (χ4v) is 5.28. The van der Waals surface area contributed by atoms with Crippen LogP contribution in [0.3, 0.4) is 0 Å². The summed E-state index contributed by atoms with van der Waals surface area (Å²) >= 11 is 1.69. The van der Waals surface area contributed by atoms with Gasteiger partial charge in [-0.1, -0.05) is 107 Å². The van der Waals surface area contributed by atoms with Gasteiger partial charge in [-0.15, -0.1) is 0 Å². The molecule has 0 saturated carbocycles. The molecule has 0 radical (unpaired) electrons. The number of nitrogens with one attached hydrogen (secondary N) is 1. The maximum atomic E-state index is 14.6. The average molecular weight is 620 g/mol. The van der Waals surface area contributed by atoms with Crippen molar-refractivity contribution < 1.29 is 35.5 Å². The van der Waals surface area contributed by atoms with Gasteiger partial charge in [0.25, 0.3) is 5.91 Å². The lowest BCUT2D eigenvalue weighted by Gasteiger charge is -2.14. The van der Waals surface area contributed by atoms with Crippen LogP contribution in [0.2, 0.25) is 0 Å². The first-order valence-electron chi connectivity index (χ1n) is 14.3.